The van der Waals surface area contributed by atoms with Crippen LogP contribution in [0.25, 0.3) is 0 Å². The number of likely N-dealkylation sites (tertiary alicyclic amines) is 1. The molecule has 4 rings (SSSR count). The number of carbonyl (C=O) groups excluding carboxylic acids is 1. The van der Waals surface area contributed by atoms with Crippen molar-refractivity contribution in [1.29, 1.82) is 0 Å². The van der Waals surface area contributed by atoms with Gasteiger partial charge in [-0.15, -0.1) is 0 Å². The van der Waals surface area contributed by atoms with Gasteiger partial charge in [0.15, 0.2) is 0 Å². The molecule has 0 bridgehead atoms. The fourth-order valence-electron chi connectivity index (χ4n) is 4.87. The second kappa shape index (κ2) is 6.79. The van der Waals surface area contributed by atoms with Gasteiger partial charge < -0.3 is 14.9 Å². The molecule has 0 aromatic heterocycles. The number of amides is 1. The highest BCUT2D eigenvalue weighted by Gasteiger charge is 2.37. The number of carbonyl (C=O) groups is 2. The first-order valence-corrected chi connectivity index (χ1v) is 9.55. The number of carboxylic acid groups (broad SMARTS) is 1. The minimum absolute atomic E-state index is 0.0934. The van der Waals surface area contributed by atoms with Crippen LogP contribution < -0.4 is 0 Å². The van der Waals surface area contributed by atoms with Crippen LogP contribution in [0.2, 0.25) is 0 Å². The van der Waals surface area contributed by atoms with Crippen LogP contribution in [0.1, 0.15) is 71.2 Å². The van der Waals surface area contributed by atoms with Crippen molar-refractivity contribution in [3.8, 4) is 0 Å². The number of hydrogen-bond donors (Lipinski definition) is 1. The summed E-state index contributed by atoms with van der Waals surface area (Å²) in [6.45, 7) is 2.67. The molecule has 1 aliphatic carbocycles. The molecule has 0 atom stereocenters. The Labute approximate surface area is 148 Å². The zero-order valence-corrected chi connectivity index (χ0v) is 14.6. The summed E-state index contributed by atoms with van der Waals surface area (Å²) in [4.78, 5) is 28.8. The lowest BCUT2D eigenvalue weighted by Gasteiger charge is -2.41. The van der Waals surface area contributed by atoms with E-state index in [0.29, 0.717) is 12.1 Å². The Hall–Kier alpha value is -1.88. The minimum atomic E-state index is -1.01. The van der Waals surface area contributed by atoms with E-state index in [9.17, 15) is 14.7 Å². The SMILES string of the molecule is O=C(O)c1cccc2c1C(=O)N(C1CCN(C3CCCCC3)CC1)C2. The molecule has 1 N–H and O–H groups in total. The largest absolute Gasteiger partial charge is 0.478 e. The number of aromatic carboxylic acids is 1. The first-order valence-electron chi connectivity index (χ1n) is 9.55. The summed E-state index contributed by atoms with van der Waals surface area (Å²) >= 11 is 0. The monoisotopic (exact) mass is 342 g/mol. The third-order valence-electron chi connectivity index (χ3n) is 6.23. The van der Waals surface area contributed by atoms with Gasteiger partial charge in [-0.2, -0.15) is 0 Å². The number of carboxylic acids is 1. The van der Waals surface area contributed by atoms with E-state index in [0.717, 1.165) is 37.5 Å². The van der Waals surface area contributed by atoms with E-state index in [1.54, 1.807) is 6.07 Å². The van der Waals surface area contributed by atoms with E-state index in [4.69, 9.17) is 0 Å². The van der Waals surface area contributed by atoms with Gasteiger partial charge in [-0.3, -0.25) is 4.79 Å². The van der Waals surface area contributed by atoms with Crippen LogP contribution in [0.5, 0.6) is 0 Å². The molecule has 0 unspecified atom stereocenters. The second-order valence-electron chi connectivity index (χ2n) is 7.64. The maximum Gasteiger partial charge on any atom is 0.336 e. The normalized spacial score (nSPS) is 23.0. The predicted octanol–water partition coefficient (Wildman–Crippen LogP) is 3.14. The average molecular weight is 342 g/mol. The van der Waals surface area contributed by atoms with E-state index in [1.165, 1.54) is 38.2 Å². The molecule has 2 fully saturated rings. The molecule has 1 saturated carbocycles. The standard InChI is InChI=1S/C20H26N2O3/c23-19-18-14(5-4-8-17(18)20(24)25)13-22(19)16-9-11-21(12-10-16)15-6-2-1-3-7-15/h4-5,8,15-16H,1-3,6-7,9-13H2,(H,24,25). The van der Waals surface area contributed by atoms with Gasteiger partial charge in [0.1, 0.15) is 0 Å². The Morgan fingerprint density at radius 3 is 2.40 bits per heavy atom. The van der Waals surface area contributed by atoms with Crippen molar-refractivity contribution in [3.05, 3.63) is 34.9 Å². The Balaban J connectivity index is 1.43. The molecule has 5 heteroatoms. The number of piperidine rings is 1. The maximum atomic E-state index is 12.9. The quantitative estimate of drug-likeness (QED) is 0.917. The molecule has 2 heterocycles. The van der Waals surface area contributed by atoms with Crippen molar-refractivity contribution in [1.82, 2.24) is 9.80 Å². The predicted molar refractivity (Wildman–Crippen MR) is 94.7 cm³/mol. The molecular formula is C20H26N2O3. The highest BCUT2D eigenvalue weighted by atomic mass is 16.4. The lowest BCUT2D eigenvalue weighted by Crippen LogP contribution is -2.48. The number of benzene rings is 1. The van der Waals surface area contributed by atoms with Crippen molar-refractivity contribution < 1.29 is 14.7 Å². The zero-order chi connectivity index (χ0) is 17.4. The van der Waals surface area contributed by atoms with Gasteiger partial charge in [0.2, 0.25) is 0 Å². The summed E-state index contributed by atoms with van der Waals surface area (Å²) in [6, 6.07) is 6.14. The minimum Gasteiger partial charge on any atom is -0.478 e. The van der Waals surface area contributed by atoms with Gasteiger partial charge in [-0.05, 0) is 37.3 Å². The summed E-state index contributed by atoms with van der Waals surface area (Å²) in [5.74, 6) is -1.11. The fraction of sp³-hybridized carbons (Fsp3) is 0.600. The first-order chi connectivity index (χ1) is 12.1. The van der Waals surface area contributed by atoms with Crippen LogP contribution in [0.15, 0.2) is 18.2 Å². The molecule has 1 amide bonds. The van der Waals surface area contributed by atoms with Crippen molar-refractivity contribution in [2.45, 2.75) is 63.6 Å². The van der Waals surface area contributed by atoms with E-state index in [1.807, 2.05) is 11.0 Å². The summed E-state index contributed by atoms with van der Waals surface area (Å²) < 4.78 is 0. The van der Waals surface area contributed by atoms with Crippen molar-refractivity contribution >= 4 is 11.9 Å². The number of rotatable bonds is 3. The number of fused-ring (bicyclic) bond motifs is 1. The third-order valence-corrected chi connectivity index (χ3v) is 6.23. The molecule has 1 aromatic rings. The number of nitrogens with zero attached hydrogens (tertiary/aromatic N) is 2. The average Bonchev–Trinajstić information content (AvgIpc) is 2.99. The van der Waals surface area contributed by atoms with Crippen LogP contribution in [0, 0.1) is 0 Å². The fourth-order valence-corrected chi connectivity index (χ4v) is 4.87. The molecule has 1 saturated heterocycles. The smallest absolute Gasteiger partial charge is 0.336 e. The van der Waals surface area contributed by atoms with Crippen LogP contribution >= 0.6 is 0 Å². The molecule has 134 valence electrons. The van der Waals surface area contributed by atoms with E-state index < -0.39 is 5.97 Å². The zero-order valence-electron chi connectivity index (χ0n) is 14.6. The number of hydrogen-bond acceptors (Lipinski definition) is 3. The highest BCUT2D eigenvalue weighted by Crippen LogP contribution is 2.32. The van der Waals surface area contributed by atoms with Gasteiger partial charge >= 0.3 is 5.97 Å². The molecule has 3 aliphatic rings. The van der Waals surface area contributed by atoms with Gasteiger partial charge in [-0.1, -0.05) is 31.4 Å². The van der Waals surface area contributed by atoms with Crippen molar-refractivity contribution in [2.24, 2.45) is 0 Å². The molecule has 0 radical (unpaired) electrons. The van der Waals surface area contributed by atoms with E-state index >= 15 is 0 Å². The van der Waals surface area contributed by atoms with Crippen LogP contribution in [0.3, 0.4) is 0 Å². The maximum absolute atomic E-state index is 12.9. The van der Waals surface area contributed by atoms with Gasteiger partial charge in [0, 0.05) is 31.7 Å². The van der Waals surface area contributed by atoms with Gasteiger partial charge in [0.05, 0.1) is 11.1 Å². The topological polar surface area (TPSA) is 60.9 Å². The molecule has 1 aromatic carbocycles. The Kier molecular flexibility index (Phi) is 4.50. The van der Waals surface area contributed by atoms with Gasteiger partial charge in [-0.25, -0.2) is 4.79 Å². The molecule has 5 nitrogen and oxygen atoms in total. The van der Waals surface area contributed by atoms with Crippen molar-refractivity contribution in [2.75, 3.05) is 13.1 Å². The van der Waals surface area contributed by atoms with Gasteiger partial charge in [0.25, 0.3) is 5.91 Å². The highest BCUT2D eigenvalue weighted by molar-refractivity contribution is 6.07. The Bertz CT molecular complexity index is 674. The Morgan fingerprint density at radius 1 is 1.00 bits per heavy atom. The lowest BCUT2D eigenvalue weighted by atomic mass is 9.92. The summed E-state index contributed by atoms with van der Waals surface area (Å²) in [5, 5.41) is 9.36. The lowest BCUT2D eigenvalue weighted by molar-refractivity contribution is 0.0502. The van der Waals surface area contributed by atoms with Crippen molar-refractivity contribution in [3.63, 3.8) is 0 Å². The van der Waals surface area contributed by atoms with Crippen LogP contribution in [-0.4, -0.2) is 52.0 Å². The second-order valence-corrected chi connectivity index (χ2v) is 7.64. The van der Waals surface area contributed by atoms with Crippen LogP contribution in [-0.2, 0) is 6.54 Å². The Morgan fingerprint density at radius 2 is 1.72 bits per heavy atom. The summed E-state index contributed by atoms with van der Waals surface area (Å²) in [5.41, 5.74) is 1.41. The van der Waals surface area contributed by atoms with E-state index in [2.05, 4.69) is 4.90 Å². The molecule has 25 heavy (non-hydrogen) atoms. The summed E-state index contributed by atoms with van der Waals surface area (Å²) in [7, 11) is 0. The third kappa shape index (κ3) is 3.06. The first kappa shape index (κ1) is 16.6. The molecular weight excluding hydrogens is 316 g/mol. The molecule has 2 aliphatic heterocycles. The van der Waals surface area contributed by atoms with E-state index in [-0.39, 0.29) is 17.5 Å². The van der Waals surface area contributed by atoms with Crippen LogP contribution in [0.4, 0.5) is 0 Å². The summed E-state index contributed by atoms with van der Waals surface area (Å²) in [6.07, 6.45) is 8.71. The molecule has 0 spiro atoms.